The predicted octanol–water partition coefficient (Wildman–Crippen LogP) is 0.727. The number of amides is 1. The van der Waals surface area contributed by atoms with Crippen LogP contribution in [0.4, 0.5) is 0 Å². The van der Waals surface area contributed by atoms with Gasteiger partial charge in [0.1, 0.15) is 5.65 Å². The average molecular weight is 350 g/mol. The van der Waals surface area contributed by atoms with E-state index in [4.69, 9.17) is 0 Å². The Morgan fingerprint density at radius 1 is 1.33 bits per heavy atom. The summed E-state index contributed by atoms with van der Waals surface area (Å²) in [5.41, 5.74) is 2.66. The Hall–Kier alpha value is -1.93. The molecule has 0 atom stereocenters. The fourth-order valence-corrected chi connectivity index (χ4v) is 4.41. The van der Waals surface area contributed by atoms with E-state index in [2.05, 4.69) is 10.3 Å². The van der Waals surface area contributed by atoms with Crippen LogP contribution in [0.5, 0.6) is 0 Å². The zero-order chi connectivity index (χ0) is 17.2. The number of carbonyl (C=O) groups is 1. The van der Waals surface area contributed by atoms with Crippen molar-refractivity contribution in [1.82, 2.24) is 19.0 Å². The molecule has 3 rings (SSSR count). The van der Waals surface area contributed by atoms with E-state index in [-0.39, 0.29) is 24.6 Å². The Morgan fingerprint density at radius 2 is 2.08 bits per heavy atom. The van der Waals surface area contributed by atoms with E-state index in [1.807, 2.05) is 29.7 Å². The highest BCUT2D eigenvalue weighted by molar-refractivity contribution is 7.89. The van der Waals surface area contributed by atoms with Gasteiger partial charge in [-0.25, -0.2) is 17.7 Å². The molecule has 3 heterocycles. The maximum Gasteiger partial charge on any atom is 0.226 e. The number of nitrogens with one attached hydrogen (secondary N) is 1. The van der Waals surface area contributed by atoms with Crippen molar-refractivity contribution in [3.63, 3.8) is 0 Å². The van der Waals surface area contributed by atoms with Crippen LogP contribution in [0.1, 0.15) is 24.1 Å². The summed E-state index contributed by atoms with van der Waals surface area (Å²) in [4.78, 5) is 16.4. The molecule has 0 aliphatic carbocycles. The van der Waals surface area contributed by atoms with Gasteiger partial charge in [-0.3, -0.25) is 4.79 Å². The molecule has 1 N–H and O–H groups in total. The Morgan fingerprint density at radius 3 is 2.83 bits per heavy atom. The van der Waals surface area contributed by atoms with Gasteiger partial charge < -0.3 is 9.72 Å². The molecule has 0 spiro atoms. The molecular weight excluding hydrogens is 328 g/mol. The summed E-state index contributed by atoms with van der Waals surface area (Å²) >= 11 is 0. The average Bonchev–Trinajstić information content (AvgIpc) is 3.18. The number of rotatable bonds is 6. The minimum atomic E-state index is -3.26. The van der Waals surface area contributed by atoms with Gasteiger partial charge in [-0.1, -0.05) is 6.07 Å². The summed E-state index contributed by atoms with van der Waals surface area (Å²) in [5.74, 6) is -0.250. The molecule has 130 valence electrons. The van der Waals surface area contributed by atoms with Crippen molar-refractivity contribution >= 4 is 21.6 Å². The number of hydrogen-bond donors (Lipinski definition) is 1. The lowest BCUT2D eigenvalue weighted by atomic mass is 10.3. The van der Waals surface area contributed by atoms with Gasteiger partial charge in [0.2, 0.25) is 15.9 Å². The normalized spacial score (nSPS) is 15.9. The van der Waals surface area contributed by atoms with Gasteiger partial charge in [0, 0.05) is 32.0 Å². The van der Waals surface area contributed by atoms with Gasteiger partial charge >= 0.3 is 0 Å². The molecule has 1 aliphatic rings. The third kappa shape index (κ3) is 3.59. The number of nitrogens with zero attached hydrogens (tertiary/aromatic N) is 3. The third-order valence-electron chi connectivity index (χ3n) is 4.29. The molecule has 1 aliphatic heterocycles. The number of aryl methyl sites for hydroxylation is 1. The molecule has 1 amide bonds. The molecule has 0 bridgehead atoms. The smallest absolute Gasteiger partial charge is 0.226 e. The van der Waals surface area contributed by atoms with Crippen LogP contribution in [0, 0.1) is 6.92 Å². The first-order chi connectivity index (χ1) is 11.5. The lowest BCUT2D eigenvalue weighted by Crippen LogP contribution is -2.36. The first-order valence-corrected chi connectivity index (χ1v) is 9.74. The summed E-state index contributed by atoms with van der Waals surface area (Å²) in [6.45, 7) is 3.29. The maximum atomic E-state index is 12.1. The van der Waals surface area contributed by atoms with Crippen molar-refractivity contribution < 1.29 is 13.2 Å². The molecule has 0 aromatic carbocycles. The molecule has 0 radical (unpaired) electrons. The van der Waals surface area contributed by atoms with Crippen LogP contribution in [0.3, 0.4) is 0 Å². The van der Waals surface area contributed by atoms with Crippen LogP contribution in [0.25, 0.3) is 5.65 Å². The number of pyridine rings is 1. The van der Waals surface area contributed by atoms with E-state index in [1.165, 1.54) is 4.31 Å². The molecular formula is C16H22N4O3S. The monoisotopic (exact) mass is 350 g/mol. The summed E-state index contributed by atoms with van der Waals surface area (Å²) in [7, 11) is -3.26. The maximum absolute atomic E-state index is 12.1. The van der Waals surface area contributed by atoms with Crippen LogP contribution in [-0.4, -0.2) is 53.4 Å². The quantitative estimate of drug-likeness (QED) is 0.832. The first kappa shape index (κ1) is 16.9. The van der Waals surface area contributed by atoms with E-state index >= 15 is 0 Å². The molecule has 1 saturated heterocycles. The Kier molecular flexibility index (Phi) is 4.86. The second-order valence-electron chi connectivity index (χ2n) is 6.08. The van der Waals surface area contributed by atoms with E-state index in [9.17, 15) is 13.2 Å². The third-order valence-corrected chi connectivity index (χ3v) is 6.16. The Bertz CT molecular complexity index is 838. The van der Waals surface area contributed by atoms with E-state index in [0.717, 1.165) is 29.7 Å². The predicted molar refractivity (Wildman–Crippen MR) is 91.2 cm³/mol. The summed E-state index contributed by atoms with van der Waals surface area (Å²) < 4.78 is 27.6. The summed E-state index contributed by atoms with van der Waals surface area (Å²) in [5, 5.41) is 2.69. The minimum absolute atomic E-state index is 0.0506. The standard InChI is InChI=1S/C16H22N4O3S/c1-13-5-4-9-20-14(12-18-16(13)20)11-15(21)17-6-10-24(22,23)19-7-2-3-8-19/h4-5,9,12H,2-3,6-8,10-11H2,1H3,(H,17,21). The van der Waals surface area contributed by atoms with Gasteiger partial charge in [0.25, 0.3) is 0 Å². The van der Waals surface area contributed by atoms with Gasteiger partial charge in [-0.2, -0.15) is 0 Å². The number of carbonyl (C=O) groups excluding carboxylic acids is 1. The summed E-state index contributed by atoms with van der Waals surface area (Å²) in [6.07, 6.45) is 5.56. The van der Waals surface area contributed by atoms with Crippen molar-refractivity contribution in [1.29, 1.82) is 0 Å². The van der Waals surface area contributed by atoms with Crippen molar-refractivity contribution in [2.75, 3.05) is 25.4 Å². The van der Waals surface area contributed by atoms with Crippen molar-refractivity contribution in [2.24, 2.45) is 0 Å². The number of fused-ring (bicyclic) bond motifs is 1. The fourth-order valence-electron chi connectivity index (χ4n) is 2.97. The van der Waals surface area contributed by atoms with Crippen LogP contribution in [-0.2, 0) is 21.2 Å². The van der Waals surface area contributed by atoms with Crippen LogP contribution < -0.4 is 5.32 Å². The highest BCUT2D eigenvalue weighted by Gasteiger charge is 2.24. The summed E-state index contributed by atoms with van der Waals surface area (Å²) in [6, 6.07) is 3.88. The highest BCUT2D eigenvalue weighted by Crippen LogP contribution is 2.13. The van der Waals surface area contributed by atoms with E-state index < -0.39 is 10.0 Å². The molecule has 2 aromatic heterocycles. The number of imidazole rings is 1. The number of sulfonamides is 1. The molecule has 0 unspecified atom stereocenters. The highest BCUT2D eigenvalue weighted by atomic mass is 32.2. The van der Waals surface area contributed by atoms with E-state index in [0.29, 0.717) is 13.1 Å². The largest absolute Gasteiger partial charge is 0.355 e. The van der Waals surface area contributed by atoms with Gasteiger partial charge in [0.15, 0.2) is 0 Å². The molecule has 8 heteroatoms. The minimum Gasteiger partial charge on any atom is -0.355 e. The van der Waals surface area contributed by atoms with Crippen molar-refractivity contribution in [2.45, 2.75) is 26.2 Å². The lowest BCUT2D eigenvalue weighted by Gasteiger charge is -2.15. The topological polar surface area (TPSA) is 83.8 Å². The van der Waals surface area contributed by atoms with Gasteiger partial charge in [0.05, 0.1) is 17.9 Å². The second kappa shape index (κ2) is 6.90. The second-order valence-corrected chi connectivity index (χ2v) is 8.17. The molecule has 24 heavy (non-hydrogen) atoms. The van der Waals surface area contributed by atoms with Crippen molar-refractivity contribution in [3.05, 3.63) is 35.8 Å². The molecule has 2 aromatic rings. The van der Waals surface area contributed by atoms with Gasteiger partial charge in [-0.15, -0.1) is 0 Å². The first-order valence-electron chi connectivity index (χ1n) is 8.13. The number of aromatic nitrogens is 2. The fraction of sp³-hybridized carbons (Fsp3) is 0.500. The molecule has 7 nitrogen and oxygen atoms in total. The Balaban J connectivity index is 1.55. The zero-order valence-electron chi connectivity index (χ0n) is 13.7. The SMILES string of the molecule is Cc1cccn2c(CC(=O)NCCS(=O)(=O)N3CCCC3)cnc12. The van der Waals surface area contributed by atoms with E-state index in [1.54, 1.807) is 6.20 Å². The van der Waals surface area contributed by atoms with Crippen LogP contribution in [0.15, 0.2) is 24.5 Å². The Labute approximate surface area is 141 Å². The molecule has 0 saturated carbocycles. The number of hydrogen-bond acceptors (Lipinski definition) is 4. The van der Waals surface area contributed by atoms with Gasteiger partial charge in [-0.05, 0) is 31.4 Å². The van der Waals surface area contributed by atoms with Crippen molar-refractivity contribution in [3.8, 4) is 0 Å². The zero-order valence-corrected chi connectivity index (χ0v) is 14.6. The van der Waals surface area contributed by atoms with Crippen LogP contribution in [0.2, 0.25) is 0 Å². The lowest BCUT2D eigenvalue weighted by molar-refractivity contribution is -0.120. The van der Waals surface area contributed by atoms with Crippen LogP contribution >= 0.6 is 0 Å². The molecule has 1 fully saturated rings.